The van der Waals surface area contributed by atoms with Crippen molar-refractivity contribution >= 4 is 21.4 Å². The minimum absolute atomic E-state index is 0.0616. The molecule has 0 aliphatic carbocycles. The molecule has 0 aromatic carbocycles. The van der Waals surface area contributed by atoms with E-state index in [1.807, 2.05) is 13.0 Å². The van der Waals surface area contributed by atoms with E-state index >= 15 is 0 Å². The summed E-state index contributed by atoms with van der Waals surface area (Å²) in [5.41, 5.74) is 0.984. The second kappa shape index (κ2) is 5.61. The lowest BCUT2D eigenvalue weighted by Crippen LogP contribution is -2.25. The standard InChI is InChI=1S/C10H15ClN2O2S/c1-8(12-5-6-16(2,14)15)9-3-4-10(11)13-7-9/h3-4,7-8,12H,5-6H2,1-2H3. The van der Waals surface area contributed by atoms with Crippen molar-refractivity contribution in [2.24, 2.45) is 0 Å². The van der Waals surface area contributed by atoms with Gasteiger partial charge in [-0.1, -0.05) is 17.7 Å². The molecule has 0 saturated heterocycles. The van der Waals surface area contributed by atoms with Gasteiger partial charge in [-0.25, -0.2) is 13.4 Å². The summed E-state index contributed by atoms with van der Waals surface area (Å²) in [5, 5.41) is 3.56. The van der Waals surface area contributed by atoms with Crippen molar-refractivity contribution in [3.8, 4) is 0 Å². The molecule has 4 nitrogen and oxygen atoms in total. The molecule has 0 radical (unpaired) electrons. The molecule has 1 rings (SSSR count). The molecule has 0 amide bonds. The number of halogens is 1. The highest BCUT2D eigenvalue weighted by atomic mass is 35.5. The Balaban J connectivity index is 2.47. The van der Waals surface area contributed by atoms with Crippen LogP contribution in [-0.4, -0.2) is 32.0 Å². The van der Waals surface area contributed by atoms with E-state index in [1.54, 1.807) is 12.3 Å². The van der Waals surface area contributed by atoms with Crippen molar-refractivity contribution in [1.29, 1.82) is 0 Å². The Morgan fingerprint density at radius 1 is 1.50 bits per heavy atom. The Morgan fingerprint density at radius 3 is 2.69 bits per heavy atom. The topological polar surface area (TPSA) is 59.1 Å². The highest BCUT2D eigenvalue weighted by molar-refractivity contribution is 7.90. The third-order valence-corrected chi connectivity index (χ3v) is 3.34. The molecule has 0 fully saturated rings. The Kier molecular flexibility index (Phi) is 4.70. The average molecular weight is 263 g/mol. The third-order valence-electron chi connectivity index (χ3n) is 2.17. The van der Waals surface area contributed by atoms with Crippen LogP contribution in [-0.2, 0) is 9.84 Å². The van der Waals surface area contributed by atoms with Crippen molar-refractivity contribution < 1.29 is 8.42 Å². The van der Waals surface area contributed by atoms with Crippen LogP contribution >= 0.6 is 11.6 Å². The zero-order valence-electron chi connectivity index (χ0n) is 9.27. The van der Waals surface area contributed by atoms with Gasteiger partial charge in [0.15, 0.2) is 0 Å². The first-order valence-electron chi connectivity index (χ1n) is 4.91. The SMILES string of the molecule is CC(NCCS(C)(=O)=O)c1ccc(Cl)nc1. The van der Waals surface area contributed by atoms with Crippen LogP contribution in [0.1, 0.15) is 18.5 Å². The smallest absolute Gasteiger partial charge is 0.148 e. The predicted molar refractivity (Wildman–Crippen MR) is 65.4 cm³/mol. The van der Waals surface area contributed by atoms with Crippen LogP contribution in [0.2, 0.25) is 5.15 Å². The number of pyridine rings is 1. The molecule has 1 unspecified atom stereocenters. The number of nitrogens with zero attached hydrogens (tertiary/aromatic N) is 1. The average Bonchev–Trinajstić information content (AvgIpc) is 2.16. The van der Waals surface area contributed by atoms with E-state index in [-0.39, 0.29) is 11.8 Å². The normalized spacial score (nSPS) is 13.7. The Labute approximate surface area is 101 Å². The van der Waals surface area contributed by atoms with Crippen molar-refractivity contribution in [3.63, 3.8) is 0 Å². The summed E-state index contributed by atoms with van der Waals surface area (Å²) in [5.74, 6) is 0.137. The number of hydrogen-bond acceptors (Lipinski definition) is 4. The third kappa shape index (κ3) is 4.92. The van der Waals surface area contributed by atoms with Gasteiger partial charge in [0.2, 0.25) is 0 Å². The van der Waals surface area contributed by atoms with Crippen molar-refractivity contribution in [2.75, 3.05) is 18.6 Å². The van der Waals surface area contributed by atoms with E-state index in [2.05, 4.69) is 10.3 Å². The molecule has 1 N–H and O–H groups in total. The molecule has 0 bridgehead atoms. The van der Waals surface area contributed by atoms with Gasteiger partial charge in [-0.3, -0.25) is 0 Å². The molecule has 0 aliphatic rings. The summed E-state index contributed by atoms with van der Waals surface area (Å²) in [7, 11) is -2.91. The lowest BCUT2D eigenvalue weighted by atomic mass is 10.1. The molecule has 6 heteroatoms. The van der Waals surface area contributed by atoms with Crippen LogP contribution < -0.4 is 5.32 Å². The number of sulfone groups is 1. The fourth-order valence-electron chi connectivity index (χ4n) is 1.22. The van der Waals surface area contributed by atoms with Gasteiger partial charge in [-0.2, -0.15) is 0 Å². The summed E-state index contributed by atoms with van der Waals surface area (Å²) < 4.78 is 21.8. The maximum Gasteiger partial charge on any atom is 0.148 e. The Bertz CT molecular complexity index is 431. The van der Waals surface area contributed by atoms with E-state index in [0.717, 1.165) is 5.56 Å². The van der Waals surface area contributed by atoms with Crippen LogP contribution in [0, 0.1) is 0 Å². The molecule has 1 aromatic rings. The molecule has 1 aromatic heterocycles. The highest BCUT2D eigenvalue weighted by Crippen LogP contribution is 2.12. The quantitative estimate of drug-likeness (QED) is 0.816. The molecule has 90 valence electrons. The lowest BCUT2D eigenvalue weighted by Gasteiger charge is -2.13. The zero-order valence-corrected chi connectivity index (χ0v) is 10.8. The van der Waals surface area contributed by atoms with Crippen LogP contribution in [0.15, 0.2) is 18.3 Å². The zero-order chi connectivity index (χ0) is 12.2. The second-order valence-electron chi connectivity index (χ2n) is 3.72. The number of nitrogens with one attached hydrogen (secondary N) is 1. The number of hydrogen-bond donors (Lipinski definition) is 1. The molecule has 1 heterocycles. The number of rotatable bonds is 5. The van der Waals surface area contributed by atoms with Crippen molar-refractivity contribution in [2.45, 2.75) is 13.0 Å². The van der Waals surface area contributed by atoms with Crippen molar-refractivity contribution in [3.05, 3.63) is 29.0 Å². The van der Waals surface area contributed by atoms with Gasteiger partial charge in [-0.15, -0.1) is 0 Å². The van der Waals surface area contributed by atoms with E-state index in [0.29, 0.717) is 11.7 Å². The summed E-state index contributed by atoms with van der Waals surface area (Å²) in [6.45, 7) is 2.38. The van der Waals surface area contributed by atoms with Gasteiger partial charge in [0.1, 0.15) is 15.0 Å². The van der Waals surface area contributed by atoms with Crippen molar-refractivity contribution in [1.82, 2.24) is 10.3 Å². The lowest BCUT2D eigenvalue weighted by molar-refractivity contribution is 0.575. The van der Waals surface area contributed by atoms with Gasteiger partial charge in [0.05, 0.1) is 5.75 Å². The van der Waals surface area contributed by atoms with Crippen LogP contribution in [0.3, 0.4) is 0 Å². The fourth-order valence-corrected chi connectivity index (χ4v) is 1.82. The molecular weight excluding hydrogens is 248 g/mol. The second-order valence-corrected chi connectivity index (χ2v) is 6.37. The number of aromatic nitrogens is 1. The summed E-state index contributed by atoms with van der Waals surface area (Å²) in [6, 6.07) is 3.64. The van der Waals surface area contributed by atoms with E-state index in [4.69, 9.17) is 11.6 Å². The molecule has 0 aliphatic heterocycles. The van der Waals surface area contributed by atoms with Gasteiger partial charge >= 0.3 is 0 Å². The van der Waals surface area contributed by atoms with Crippen LogP contribution in [0.5, 0.6) is 0 Å². The molecule has 16 heavy (non-hydrogen) atoms. The minimum atomic E-state index is -2.91. The maximum atomic E-state index is 10.9. The minimum Gasteiger partial charge on any atom is -0.309 e. The maximum absolute atomic E-state index is 10.9. The molecular formula is C10H15ClN2O2S. The van der Waals surface area contributed by atoms with Gasteiger partial charge in [0.25, 0.3) is 0 Å². The fraction of sp³-hybridized carbons (Fsp3) is 0.500. The Hall–Kier alpha value is -0.650. The van der Waals surface area contributed by atoms with Gasteiger partial charge in [-0.05, 0) is 18.6 Å². The summed E-state index contributed by atoms with van der Waals surface area (Å²) >= 11 is 5.67. The van der Waals surface area contributed by atoms with Gasteiger partial charge in [0, 0.05) is 25.0 Å². The van der Waals surface area contributed by atoms with E-state index in [9.17, 15) is 8.42 Å². The molecule has 1 atom stereocenters. The van der Waals surface area contributed by atoms with E-state index in [1.165, 1.54) is 6.26 Å². The first-order chi connectivity index (χ1) is 7.38. The highest BCUT2D eigenvalue weighted by Gasteiger charge is 2.07. The summed E-state index contributed by atoms with van der Waals surface area (Å²) in [6.07, 6.45) is 2.91. The largest absolute Gasteiger partial charge is 0.309 e. The summed E-state index contributed by atoms with van der Waals surface area (Å²) in [4.78, 5) is 3.96. The first kappa shape index (κ1) is 13.4. The van der Waals surface area contributed by atoms with E-state index < -0.39 is 9.84 Å². The molecule has 0 saturated carbocycles. The molecule has 0 spiro atoms. The first-order valence-corrected chi connectivity index (χ1v) is 7.35. The van der Waals surface area contributed by atoms with Crippen LogP contribution in [0.4, 0.5) is 0 Å². The van der Waals surface area contributed by atoms with Crippen LogP contribution in [0.25, 0.3) is 0 Å². The Morgan fingerprint density at radius 2 is 2.19 bits per heavy atom. The monoisotopic (exact) mass is 262 g/mol. The van der Waals surface area contributed by atoms with Gasteiger partial charge < -0.3 is 5.32 Å². The predicted octanol–water partition coefficient (Wildman–Crippen LogP) is 1.43.